The molecule has 5 aromatic rings. The number of pyridine rings is 1. The zero-order chi connectivity index (χ0) is 33.8. The van der Waals surface area contributed by atoms with Crippen molar-refractivity contribution in [3.8, 4) is 11.6 Å². The normalized spacial score (nSPS) is 17.6. The number of carbonyl (C=O) groups is 3. The van der Waals surface area contributed by atoms with Crippen LogP contribution in [0.1, 0.15) is 39.8 Å². The fourth-order valence-corrected chi connectivity index (χ4v) is 5.82. The van der Waals surface area contributed by atoms with Gasteiger partial charge < -0.3 is 39.1 Å². The lowest BCUT2D eigenvalue weighted by Gasteiger charge is -2.34. The molecule has 2 aliphatic heterocycles. The molecular weight excluding hydrogens is 624 g/mol. The predicted molar refractivity (Wildman–Crippen MR) is 171 cm³/mol. The number of fused-ring (bicyclic) bond motifs is 2. The number of ketones is 1. The summed E-state index contributed by atoms with van der Waals surface area (Å²) in [5.74, 6) is -0.687. The third-order valence-electron chi connectivity index (χ3n) is 8.33. The van der Waals surface area contributed by atoms with Crippen molar-refractivity contribution in [2.45, 2.75) is 25.2 Å². The van der Waals surface area contributed by atoms with E-state index in [9.17, 15) is 19.2 Å². The van der Waals surface area contributed by atoms with Crippen molar-refractivity contribution in [3.05, 3.63) is 76.9 Å². The lowest BCUT2D eigenvalue weighted by Crippen LogP contribution is -2.52. The number of carbonyl (C=O) groups excluding carboxylic acids is 3. The average Bonchev–Trinajstić information content (AvgIpc) is 3.90. The number of methoxy groups -OCH3 is 2. The van der Waals surface area contributed by atoms with Crippen LogP contribution in [0, 0.1) is 0 Å². The fourth-order valence-electron chi connectivity index (χ4n) is 5.82. The summed E-state index contributed by atoms with van der Waals surface area (Å²) >= 11 is 0. The van der Waals surface area contributed by atoms with Crippen molar-refractivity contribution in [2.75, 3.05) is 47.0 Å². The predicted octanol–water partition coefficient (Wildman–Crippen LogP) is 1.54. The van der Waals surface area contributed by atoms with Gasteiger partial charge in [-0.05, 0) is 25.0 Å². The van der Waals surface area contributed by atoms with E-state index in [1.165, 1.54) is 37.8 Å². The highest BCUT2D eigenvalue weighted by molar-refractivity contribution is 6.45. The number of nitrogens with one attached hydrogen (secondary N) is 2. The lowest BCUT2D eigenvalue weighted by atomic mass is 10.1. The zero-order valence-corrected chi connectivity index (χ0v) is 26.3. The van der Waals surface area contributed by atoms with Gasteiger partial charge in [0.15, 0.2) is 11.2 Å². The number of nitrogens with zero attached hydrogens (tertiary/aromatic N) is 6. The summed E-state index contributed by atoms with van der Waals surface area (Å²) in [4.78, 5) is 70.8. The molecule has 2 fully saturated rings. The van der Waals surface area contributed by atoms with Crippen LogP contribution in [0.4, 0.5) is 0 Å². The smallest absolute Gasteiger partial charge is 0.295 e. The summed E-state index contributed by atoms with van der Waals surface area (Å²) in [6.45, 7) is 1.31. The minimum Gasteiger partial charge on any atom is -0.494 e. The van der Waals surface area contributed by atoms with Crippen LogP contribution in [0.25, 0.3) is 22.1 Å². The number of hydrogen-bond donors (Lipinski definition) is 3. The Morgan fingerprint density at radius 1 is 0.979 bits per heavy atom. The summed E-state index contributed by atoms with van der Waals surface area (Å²) in [5, 5.41) is 9.47. The van der Waals surface area contributed by atoms with Crippen LogP contribution in [0.15, 0.2) is 60.2 Å². The molecule has 250 valence electrons. The summed E-state index contributed by atoms with van der Waals surface area (Å²) in [7, 11) is 2.94. The van der Waals surface area contributed by atoms with Crippen LogP contribution in [-0.2, 0) is 9.53 Å². The van der Waals surface area contributed by atoms with E-state index in [2.05, 4.69) is 24.9 Å². The van der Waals surface area contributed by atoms with Crippen LogP contribution >= 0.6 is 0 Å². The van der Waals surface area contributed by atoms with Crippen LogP contribution < -0.4 is 15.0 Å². The van der Waals surface area contributed by atoms with Gasteiger partial charge in [-0.15, -0.1) is 0 Å². The minimum absolute atomic E-state index is 0.0111. The quantitative estimate of drug-likeness (QED) is 0.169. The van der Waals surface area contributed by atoms with E-state index in [1.54, 1.807) is 27.9 Å². The van der Waals surface area contributed by atoms with Gasteiger partial charge in [-0.1, -0.05) is 18.2 Å². The molecule has 4 aromatic heterocycles. The molecule has 2 aliphatic rings. The minimum atomic E-state index is -0.652. The molecule has 0 unspecified atom stereocenters. The first-order chi connectivity index (χ1) is 23.3. The van der Waals surface area contributed by atoms with E-state index < -0.39 is 11.7 Å². The van der Waals surface area contributed by atoms with Gasteiger partial charge in [-0.25, -0.2) is 15.0 Å². The van der Waals surface area contributed by atoms with Gasteiger partial charge in [0.25, 0.3) is 23.2 Å². The third kappa shape index (κ3) is 6.22. The van der Waals surface area contributed by atoms with Crippen molar-refractivity contribution in [2.24, 2.45) is 0 Å². The number of rotatable bonds is 7. The standard InChI is InChI=1S/C22H22N4O5.C10H12N4O3/c1-30-16-13-24-20(31-2)18-17(16)15(12-23-18)19(27)22(29)26-10-8-25(9-11-26)21(28)14-6-4-3-5-7-14;15-3-6-1-2-7(17-6)14-5-13-8-9(14)11-4-12-10(8)16/h3-7,12-13,23H,8-11H2,1-2H3;4-7,15H,1-3H2,(H,11,12,16)/t;6-,7+/m.0/s1. The van der Waals surface area contributed by atoms with Gasteiger partial charge >= 0.3 is 0 Å². The Hall–Kier alpha value is -5.61. The number of aliphatic hydroxyl groups excluding tert-OH is 1. The van der Waals surface area contributed by atoms with Gasteiger partial charge in [0.1, 0.15) is 17.5 Å². The molecule has 7 rings (SSSR count). The highest BCUT2D eigenvalue weighted by Crippen LogP contribution is 2.33. The molecule has 0 radical (unpaired) electrons. The number of amides is 2. The summed E-state index contributed by atoms with van der Waals surface area (Å²) in [5.41, 5.74) is 1.84. The second-order valence-electron chi connectivity index (χ2n) is 11.1. The molecule has 0 aliphatic carbocycles. The van der Waals surface area contributed by atoms with E-state index >= 15 is 0 Å². The lowest BCUT2D eigenvalue weighted by molar-refractivity contribution is -0.127. The Bertz CT molecular complexity index is 2000. The first-order valence-electron chi connectivity index (χ1n) is 15.3. The van der Waals surface area contributed by atoms with Crippen molar-refractivity contribution in [3.63, 3.8) is 0 Å². The van der Waals surface area contributed by atoms with Gasteiger partial charge in [-0.3, -0.25) is 23.7 Å². The second kappa shape index (κ2) is 14.0. The summed E-state index contributed by atoms with van der Waals surface area (Å²) in [6.07, 6.45) is 7.05. The number of imidazole rings is 1. The van der Waals surface area contributed by atoms with Gasteiger partial charge in [0.2, 0.25) is 5.88 Å². The molecule has 1 aromatic carbocycles. The SMILES string of the molecule is COc1ncc(OC)c2c(C(=O)C(=O)N3CCN(C(=O)c4ccccc4)CC3)c[nH]c12.O=c1[nH]cnc2c1ncn2[C@H]1CC[C@@H](CO)O1. The highest BCUT2D eigenvalue weighted by Gasteiger charge is 2.31. The monoisotopic (exact) mass is 658 g/mol. The van der Waals surface area contributed by atoms with Crippen LogP contribution in [0.5, 0.6) is 11.6 Å². The van der Waals surface area contributed by atoms with E-state index in [4.69, 9.17) is 19.3 Å². The Kier molecular flexibility index (Phi) is 9.45. The molecule has 48 heavy (non-hydrogen) atoms. The Labute approximate surface area is 273 Å². The number of benzene rings is 1. The molecule has 2 amide bonds. The second-order valence-corrected chi connectivity index (χ2v) is 11.1. The number of H-pyrrole nitrogens is 2. The number of aromatic nitrogens is 6. The first-order valence-corrected chi connectivity index (χ1v) is 15.3. The largest absolute Gasteiger partial charge is 0.494 e. The molecule has 6 heterocycles. The van der Waals surface area contributed by atoms with E-state index in [0.717, 1.165) is 12.8 Å². The maximum Gasteiger partial charge on any atom is 0.295 e. The van der Waals surface area contributed by atoms with Crippen LogP contribution in [-0.4, -0.2) is 115 Å². The topological polar surface area (TPSA) is 198 Å². The molecule has 16 heteroatoms. The van der Waals surface area contributed by atoms with E-state index in [0.29, 0.717) is 52.3 Å². The first kappa shape index (κ1) is 32.3. The van der Waals surface area contributed by atoms with Crippen molar-refractivity contribution in [1.82, 2.24) is 39.3 Å². The molecule has 0 spiro atoms. The molecule has 0 saturated carbocycles. The fraction of sp³-hybridized carbons (Fsp3) is 0.344. The number of ether oxygens (including phenoxy) is 3. The Morgan fingerprint density at radius 3 is 2.42 bits per heavy atom. The van der Waals surface area contributed by atoms with Crippen molar-refractivity contribution < 1.29 is 33.7 Å². The summed E-state index contributed by atoms with van der Waals surface area (Å²) < 4.78 is 17.9. The number of Topliss-reactive ketones (excluding diaryl/α,β-unsaturated/α-hetero) is 1. The number of aromatic amines is 2. The van der Waals surface area contributed by atoms with Gasteiger partial charge in [0, 0.05) is 37.9 Å². The molecule has 16 nitrogen and oxygen atoms in total. The van der Waals surface area contributed by atoms with Crippen molar-refractivity contribution in [1.29, 1.82) is 0 Å². The number of aliphatic hydroxyl groups is 1. The summed E-state index contributed by atoms with van der Waals surface area (Å²) in [6, 6.07) is 9.00. The number of piperazine rings is 1. The zero-order valence-electron chi connectivity index (χ0n) is 26.3. The average molecular weight is 659 g/mol. The molecule has 3 N–H and O–H groups in total. The van der Waals surface area contributed by atoms with Crippen LogP contribution in [0.3, 0.4) is 0 Å². The third-order valence-corrected chi connectivity index (χ3v) is 8.33. The van der Waals surface area contributed by atoms with E-state index in [-0.39, 0.29) is 49.1 Å². The van der Waals surface area contributed by atoms with Gasteiger partial charge in [-0.2, -0.15) is 0 Å². The Balaban J connectivity index is 0.000000198. The van der Waals surface area contributed by atoms with Gasteiger partial charge in [0.05, 0.1) is 56.7 Å². The maximum absolute atomic E-state index is 13.0. The molecular formula is C32H34N8O8. The van der Waals surface area contributed by atoms with Crippen LogP contribution in [0.2, 0.25) is 0 Å². The molecule has 2 saturated heterocycles. The maximum atomic E-state index is 13.0. The number of hydrogen-bond acceptors (Lipinski definition) is 11. The highest BCUT2D eigenvalue weighted by atomic mass is 16.5. The van der Waals surface area contributed by atoms with Crippen molar-refractivity contribution >= 4 is 39.7 Å². The molecule has 2 atom stereocenters. The van der Waals surface area contributed by atoms with E-state index in [1.807, 2.05) is 18.2 Å². The molecule has 0 bridgehead atoms. The Morgan fingerprint density at radius 2 is 1.73 bits per heavy atom.